The van der Waals surface area contributed by atoms with E-state index >= 15 is 0 Å². The SMILES string of the molecule is CN=C(NCCCN1C(=O)COc2ccccc21)NCCc1ccc(OC)cc1.I. The van der Waals surface area contributed by atoms with Crippen LogP contribution in [-0.2, 0) is 11.2 Å². The largest absolute Gasteiger partial charge is 0.497 e. The number of fused-ring (bicyclic) bond motifs is 1. The summed E-state index contributed by atoms with van der Waals surface area (Å²) in [5.41, 5.74) is 2.07. The third-order valence-electron chi connectivity index (χ3n) is 4.75. The summed E-state index contributed by atoms with van der Waals surface area (Å²) in [6, 6.07) is 15.7. The molecular formula is C22H29IN4O3. The molecule has 8 heteroatoms. The van der Waals surface area contributed by atoms with E-state index in [4.69, 9.17) is 9.47 Å². The molecule has 0 unspecified atom stereocenters. The van der Waals surface area contributed by atoms with Crippen LogP contribution in [-0.4, -0.2) is 52.3 Å². The van der Waals surface area contributed by atoms with Gasteiger partial charge in [-0.05, 0) is 42.7 Å². The molecule has 0 fully saturated rings. The van der Waals surface area contributed by atoms with Crippen LogP contribution in [0.2, 0.25) is 0 Å². The number of ether oxygens (including phenoxy) is 2. The first kappa shape index (κ1) is 23.8. The van der Waals surface area contributed by atoms with Gasteiger partial charge in [-0.3, -0.25) is 9.79 Å². The quantitative estimate of drug-likeness (QED) is 0.241. The van der Waals surface area contributed by atoms with E-state index in [2.05, 4.69) is 27.8 Å². The van der Waals surface area contributed by atoms with Gasteiger partial charge in [-0.2, -0.15) is 0 Å². The Morgan fingerprint density at radius 1 is 1.13 bits per heavy atom. The van der Waals surface area contributed by atoms with Crippen LogP contribution in [0.5, 0.6) is 11.5 Å². The molecule has 2 N–H and O–H groups in total. The summed E-state index contributed by atoms with van der Waals surface area (Å²) in [5.74, 6) is 2.37. The number of anilines is 1. The second-order valence-corrected chi connectivity index (χ2v) is 6.68. The molecule has 1 aliphatic heterocycles. The highest BCUT2D eigenvalue weighted by Gasteiger charge is 2.24. The highest BCUT2D eigenvalue weighted by molar-refractivity contribution is 14.0. The molecule has 0 aliphatic carbocycles. The smallest absolute Gasteiger partial charge is 0.265 e. The predicted molar refractivity (Wildman–Crippen MR) is 130 cm³/mol. The molecule has 0 spiro atoms. The topological polar surface area (TPSA) is 75.2 Å². The second kappa shape index (κ2) is 12.3. The van der Waals surface area contributed by atoms with Gasteiger partial charge in [-0.15, -0.1) is 24.0 Å². The summed E-state index contributed by atoms with van der Waals surface area (Å²) in [5, 5.41) is 6.62. The lowest BCUT2D eigenvalue weighted by Crippen LogP contribution is -2.42. The molecule has 2 aromatic rings. The van der Waals surface area contributed by atoms with Crippen LogP contribution in [0.3, 0.4) is 0 Å². The monoisotopic (exact) mass is 524 g/mol. The zero-order valence-corrected chi connectivity index (χ0v) is 19.7. The minimum Gasteiger partial charge on any atom is -0.497 e. The van der Waals surface area contributed by atoms with Crippen LogP contribution in [0.25, 0.3) is 0 Å². The van der Waals surface area contributed by atoms with Crippen LogP contribution < -0.4 is 25.0 Å². The third kappa shape index (κ3) is 6.51. The van der Waals surface area contributed by atoms with Crippen molar-refractivity contribution in [3.8, 4) is 11.5 Å². The Balaban J connectivity index is 0.00000320. The standard InChI is InChI=1S/C22H28N4O3.HI/c1-23-22(25-14-12-17-8-10-18(28-2)11-9-17)24-13-5-15-26-19-6-3-4-7-20(19)29-16-21(26)27;/h3-4,6-11H,5,12-16H2,1-2H3,(H2,23,24,25);1H. The number of rotatable bonds is 8. The molecule has 0 saturated heterocycles. The number of guanidine groups is 1. The highest BCUT2D eigenvalue weighted by atomic mass is 127. The van der Waals surface area contributed by atoms with Crippen LogP contribution in [0.1, 0.15) is 12.0 Å². The maximum Gasteiger partial charge on any atom is 0.265 e. The lowest BCUT2D eigenvalue weighted by molar-refractivity contribution is -0.121. The van der Waals surface area contributed by atoms with Crippen molar-refractivity contribution in [1.82, 2.24) is 10.6 Å². The first-order valence-electron chi connectivity index (χ1n) is 9.81. The summed E-state index contributed by atoms with van der Waals surface area (Å²) < 4.78 is 10.7. The van der Waals surface area contributed by atoms with Gasteiger partial charge >= 0.3 is 0 Å². The molecule has 1 aliphatic rings. The Kier molecular flexibility index (Phi) is 9.72. The Hall–Kier alpha value is -2.49. The molecule has 3 rings (SSSR count). The van der Waals surface area contributed by atoms with Crippen molar-refractivity contribution in [2.24, 2.45) is 4.99 Å². The van der Waals surface area contributed by atoms with Gasteiger partial charge < -0.3 is 25.0 Å². The molecule has 1 amide bonds. The predicted octanol–water partition coefficient (Wildman–Crippen LogP) is 2.84. The molecule has 2 aromatic carbocycles. The first-order chi connectivity index (χ1) is 14.2. The van der Waals surface area contributed by atoms with Gasteiger partial charge in [0.25, 0.3) is 5.91 Å². The zero-order valence-electron chi connectivity index (χ0n) is 17.4. The number of nitrogens with one attached hydrogen (secondary N) is 2. The van der Waals surface area contributed by atoms with Gasteiger partial charge in [-0.25, -0.2) is 0 Å². The fraction of sp³-hybridized carbons (Fsp3) is 0.364. The second-order valence-electron chi connectivity index (χ2n) is 6.68. The summed E-state index contributed by atoms with van der Waals surface area (Å²) in [6.45, 7) is 2.23. The van der Waals surface area contributed by atoms with Crippen molar-refractivity contribution in [3.63, 3.8) is 0 Å². The number of hydrogen-bond acceptors (Lipinski definition) is 4. The number of hydrogen-bond donors (Lipinski definition) is 2. The minimum atomic E-state index is -0.00861. The number of nitrogens with zero attached hydrogens (tertiary/aromatic N) is 2. The fourth-order valence-corrected chi connectivity index (χ4v) is 3.18. The van der Waals surface area contributed by atoms with E-state index in [0.29, 0.717) is 6.54 Å². The molecule has 0 bridgehead atoms. The fourth-order valence-electron chi connectivity index (χ4n) is 3.18. The van der Waals surface area contributed by atoms with E-state index in [-0.39, 0.29) is 36.5 Å². The number of carbonyl (C=O) groups is 1. The summed E-state index contributed by atoms with van der Waals surface area (Å²) in [7, 11) is 3.42. The van der Waals surface area contributed by atoms with Gasteiger partial charge in [-0.1, -0.05) is 24.3 Å². The van der Waals surface area contributed by atoms with Crippen LogP contribution >= 0.6 is 24.0 Å². The number of methoxy groups -OCH3 is 1. The minimum absolute atomic E-state index is 0. The Bertz CT molecular complexity index is 843. The summed E-state index contributed by atoms with van der Waals surface area (Å²) in [4.78, 5) is 18.2. The Morgan fingerprint density at radius 2 is 1.87 bits per heavy atom. The average molecular weight is 524 g/mol. The molecule has 7 nitrogen and oxygen atoms in total. The van der Waals surface area contributed by atoms with Crippen molar-refractivity contribution in [2.75, 3.05) is 45.3 Å². The lowest BCUT2D eigenvalue weighted by atomic mass is 10.1. The van der Waals surface area contributed by atoms with E-state index in [1.165, 1.54) is 5.56 Å². The normalized spacial score (nSPS) is 13.1. The molecule has 0 radical (unpaired) electrons. The van der Waals surface area contributed by atoms with Gasteiger partial charge in [0.05, 0.1) is 12.8 Å². The highest BCUT2D eigenvalue weighted by Crippen LogP contribution is 2.31. The van der Waals surface area contributed by atoms with Crippen LogP contribution in [0.4, 0.5) is 5.69 Å². The lowest BCUT2D eigenvalue weighted by Gasteiger charge is -2.29. The van der Waals surface area contributed by atoms with Crippen LogP contribution in [0.15, 0.2) is 53.5 Å². The number of para-hydroxylation sites is 2. The Labute approximate surface area is 194 Å². The molecule has 1 heterocycles. The van der Waals surface area contributed by atoms with Gasteiger partial charge in [0.15, 0.2) is 12.6 Å². The third-order valence-corrected chi connectivity index (χ3v) is 4.75. The average Bonchev–Trinajstić information content (AvgIpc) is 2.77. The molecular weight excluding hydrogens is 495 g/mol. The van der Waals surface area contributed by atoms with Gasteiger partial charge in [0, 0.05) is 26.7 Å². The first-order valence-corrected chi connectivity index (χ1v) is 9.81. The number of halogens is 1. The molecule has 162 valence electrons. The zero-order chi connectivity index (χ0) is 20.5. The van der Waals surface area contributed by atoms with Gasteiger partial charge in [0.1, 0.15) is 11.5 Å². The van der Waals surface area contributed by atoms with E-state index in [1.807, 2.05) is 36.4 Å². The molecule has 30 heavy (non-hydrogen) atoms. The number of aliphatic imine (C=N–C) groups is 1. The molecule has 0 saturated carbocycles. The summed E-state index contributed by atoms with van der Waals surface area (Å²) >= 11 is 0. The van der Waals surface area contributed by atoms with Crippen molar-refractivity contribution < 1.29 is 14.3 Å². The van der Waals surface area contributed by atoms with Crippen molar-refractivity contribution in [3.05, 3.63) is 54.1 Å². The van der Waals surface area contributed by atoms with Crippen LogP contribution in [0, 0.1) is 0 Å². The Morgan fingerprint density at radius 3 is 2.60 bits per heavy atom. The number of benzene rings is 2. The van der Waals surface area contributed by atoms with Crippen molar-refractivity contribution in [2.45, 2.75) is 12.8 Å². The maximum atomic E-state index is 12.2. The number of amides is 1. The van der Waals surface area contributed by atoms with Crippen molar-refractivity contribution in [1.29, 1.82) is 0 Å². The van der Waals surface area contributed by atoms with Gasteiger partial charge in [0.2, 0.25) is 0 Å². The number of carbonyl (C=O) groups excluding carboxylic acids is 1. The van der Waals surface area contributed by atoms with E-state index in [9.17, 15) is 4.79 Å². The summed E-state index contributed by atoms with van der Waals surface area (Å²) in [6.07, 6.45) is 1.70. The molecule has 0 aromatic heterocycles. The van der Waals surface area contributed by atoms with E-state index in [1.54, 1.807) is 19.1 Å². The maximum absolute atomic E-state index is 12.2. The van der Waals surface area contributed by atoms with E-state index < -0.39 is 0 Å². The van der Waals surface area contributed by atoms with Crippen molar-refractivity contribution >= 4 is 41.5 Å². The van der Waals surface area contributed by atoms with E-state index in [0.717, 1.165) is 49.1 Å². The molecule has 0 atom stereocenters.